The van der Waals surface area contributed by atoms with Crippen molar-refractivity contribution < 1.29 is 9.53 Å². The molecule has 0 fully saturated rings. The minimum atomic E-state index is -0.524. The Hall–Kier alpha value is -3.49. The Balaban J connectivity index is 1.54. The van der Waals surface area contributed by atoms with Gasteiger partial charge in [0, 0.05) is 11.3 Å². The van der Waals surface area contributed by atoms with Crippen molar-refractivity contribution >= 4 is 35.0 Å². The molecule has 0 saturated carbocycles. The second-order valence-electron chi connectivity index (χ2n) is 7.85. The van der Waals surface area contributed by atoms with E-state index < -0.39 is 11.3 Å². The fourth-order valence-electron chi connectivity index (χ4n) is 3.87. The predicted octanol–water partition coefficient (Wildman–Crippen LogP) is 5.31. The molecule has 3 aromatic carbocycles. The number of benzene rings is 3. The molecular weight excluding hydrogens is 470 g/mol. The van der Waals surface area contributed by atoms with Crippen molar-refractivity contribution in [2.75, 3.05) is 17.9 Å². The number of amides is 1. The van der Waals surface area contributed by atoms with Crippen LogP contribution in [-0.2, 0) is 4.79 Å². The van der Waals surface area contributed by atoms with Gasteiger partial charge < -0.3 is 15.5 Å². The van der Waals surface area contributed by atoms with Crippen molar-refractivity contribution in [3.63, 3.8) is 0 Å². The number of carbonyl (C=O) groups excluding carboxylic acids is 1. The molecule has 9 heteroatoms. The van der Waals surface area contributed by atoms with E-state index in [1.165, 1.54) is 11.8 Å². The summed E-state index contributed by atoms with van der Waals surface area (Å²) in [7, 11) is 1.57. The van der Waals surface area contributed by atoms with Crippen LogP contribution in [0.2, 0.25) is 5.02 Å². The van der Waals surface area contributed by atoms with Crippen LogP contribution >= 0.6 is 23.4 Å². The quantitative estimate of drug-likeness (QED) is 0.393. The number of anilines is 1. The first-order chi connectivity index (χ1) is 16.5. The summed E-state index contributed by atoms with van der Waals surface area (Å²) in [6, 6.07) is 22.6. The number of para-hydroxylation sites is 1. The fourth-order valence-corrected chi connectivity index (χ4v) is 5.22. The van der Waals surface area contributed by atoms with Crippen molar-refractivity contribution in [1.29, 1.82) is 0 Å². The fraction of sp³-hybridized carbons (Fsp3) is 0.160. The highest BCUT2D eigenvalue weighted by molar-refractivity contribution is 8.00. The monoisotopic (exact) mass is 491 g/mol. The Morgan fingerprint density at radius 3 is 2.59 bits per heavy atom. The molecule has 0 bridgehead atoms. The summed E-state index contributed by atoms with van der Waals surface area (Å²) in [5.74, 6) is 1.11. The van der Waals surface area contributed by atoms with E-state index in [0.29, 0.717) is 21.8 Å². The Kier molecular flexibility index (Phi) is 6.17. The van der Waals surface area contributed by atoms with Gasteiger partial charge in [-0.1, -0.05) is 78.0 Å². The molecule has 7 nitrogen and oxygen atoms in total. The number of fused-ring (bicyclic) bond motifs is 1. The Morgan fingerprint density at radius 1 is 1.09 bits per heavy atom. The average Bonchev–Trinajstić information content (AvgIpc) is 3.28. The summed E-state index contributed by atoms with van der Waals surface area (Å²) in [5.41, 5.74) is 7.00. The summed E-state index contributed by atoms with van der Waals surface area (Å²) >= 11 is 7.81. The number of aromatic nitrogens is 3. The van der Waals surface area contributed by atoms with E-state index in [9.17, 15) is 4.79 Å². The van der Waals surface area contributed by atoms with E-state index in [0.717, 1.165) is 22.4 Å². The van der Waals surface area contributed by atoms with Gasteiger partial charge in [-0.15, -0.1) is 10.2 Å². The number of hydrogen-bond acceptors (Lipinski definition) is 6. The number of aryl methyl sites for hydroxylation is 1. The van der Waals surface area contributed by atoms with Crippen LogP contribution in [0.15, 0.2) is 78.0 Å². The van der Waals surface area contributed by atoms with Crippen LogP contribution in [0.3, 0.4) is 0 Å². The molecular formula is C25H22ClN5O2S. The van der Waals surface area contributed by atoms with Gasteiger partial charge in [-0.3, -0.25) is 4.79 Å². The summed E-state index contributed by atoms with van der Waals surface area (Å²) in [4.78, 5) is 13.5. The van der Waals surface area contributed by atoms with Gasteiger partial charge in [0.2, 0.25) is 11.1 Å². The predicted molar refractivity (Wildman–Crippen MR) is 135 cm³/mol. The molecule has 1 amide bonds. The molecule has 1 aromatic heterocycles. The maximum atomic E-state index is 13.5. The van der Waals surface area contributed by atoms with Crippen LogP contribution in [-0.4, -0.2) is 33.1 Å². The molecule has 34 heavy (non-hydrogen) atoms. The lowest BCUT2D eigenvalue weighted by Crippen LogP contribution is -2.41. The van der Waals surface area contributed by atoms with E-state index in [1.54, 1.807) is 13.2 Å². The molecule has 0 unspecified atom stereocenters. The van der Waals surface area contributed by atoms with Crippen molar-refractivity contribution in [2.45, 2.75) is 23.4 Å². The van der Waals surface area contributed by atoms with Gasteiger partial charge in [0.1, 0.15) is 11.0 Å². The molecule has 1 aliphatic rings. The van der Waals surface area contributed by atoms with Crippen molar-refractivity contribution in [2.24, 2.45) is 0 Å². The van der Waals surface area contributed by atoms with E-state index in [-0.39, 0.29) is 5.91 Å². The highest BCUT2D eigenvalue weighted by Crippen LogP contribution is 2.40. The minimum Gasteiger partial charge on any atom is -0.495 e. The summed E-state index contributed by atoms with van der Waals surface area (Å²) < 4.78 is 7.15. The van der Waals surface area contributed by atoms with Gasteiger partial charge >= 0.3 is 0 Å². The van der Waals surface area contributed by atoms with Gasteiger partial charge in [-0.2, -0.15) is 0 Å². The standard InChI is InChI=1S/C25H22ClN5O2S/c1-15-8-6-7-11-19(15)27-24(32)22-21(17-12-13-20(33-2)18(26)14-17)30-31-23(28-29-25(31)34-22)16-9-4-3-5-10-16/h3-14,21-22,30H,1-2H3,(H,27,32)/t21-,22+/m0/s1. The number of methoxy groups -OCH3 is 1. The van der Waals surface area contributed by atoms with E-state index in [4.69, 9.17) is 16.3 Å². The lowest BCUT2D eigenvalue weighted by molar-refractivity contribution is -0.116. The summed E-state index contributed by atoms with van der Waals surface area (Å²) in [6.45, 7) is 1.96. The Bertz CT molecular complexity index is 1340. The van der Waals surface area contributed by atoms with Crippen LogP contribution in [0.4, 0.5) is 5.69 Å². The van der Waals surface area contributed by atoms with Gasteiger partial charge in [-0.05, 0) is 36.2 Å². The number of ether oxygens (including phenoxy) is 1. The number of nitrogens with zero attached hydrogens (tertiary/aromatic N) is 3. The minimum absolute atomic E-state index is 0.140. The van der Waals surface area contributed by atoms with Crippen molar-refractivity contribution in [3.05, 3.63) is 88.9 Å². The number of halogens is 1. The number of carbonyl (C=O) groups is 1. The molecule has 0 radical (unpaired) electrons. The molecule has 2 N–H and O–H groups in total. The van der Waals surface area contributed by atoms with Gasteiger partial charge in [0.25, 0.3) is 0 Å². The van der Waals surface area contributed by atoms with Crippen molar-refractivity contribution in [3.8, 4) is 17.1 Å². The molecule has 1 aliphatic heterocycles. The average molecular weight is 492 g/mol. The highest BCUT2D eigenvalue weighted by atomic mass is 35.5. The molecule has 0 saturated heterocycles. The number of hydrogen-bond donors (Lipinski definition) is 2. The zero-order valence-corrected chi connectivity index (χ0v) is 20.1. The second-order valence-corrected chi connectivity index (χ2v) is 9.37. The molecule has 172 valence electrons. The third-order valence-corrected chi connectivity index (χ3v) is 7.18. The summed E-state index contributed by atoms with van der Waals surface area (Å²) in [5, 5.41) is 12.4. The van der Waals surface area contributed by atoms with Crippen LogP contribution in [0.1, 0.15) is 17.2 Å². The first-order valence-electron chi connectivity index (χ1n) is 10.7. The zero-order valence-electron chi connectivity index (χ0n) is 18.5. The van der Waals surface area contributed by atoms with Crippen LogP contribution in [0.25, 0.3) is 11.4 Å². The largest absolute Gasteiger partial charge is 0.495 e. The SMILES string of the molecule is COc1ccc([C@@H]2Nn3c(nnc3-c3ccccc3)S[C@H]2C(=O)Nc2ccccc2C)cc1Cl. The zero-order chi connectivity index (χ0) is 23.7. The Labute approximate surface area is 206 Å². The number of rotatable bonds is 5. The molecule has 4 aromatic rings. The smallest absolute Gasteiger partial charge is 0.240 e. The van der Waals surface area contributed by atoms with Gasteiger partial charge in [0.15, 0.2) is 5.82 Å². The topological polar surface area (TPSA) is 81.1 Å². The maximum absolute atomic E-state index is 13.5. The lowest BCUT2D eigenvalue weighted by Gasteiger charge is -2.33. The molecule has 2 atom stereocenters. The number of thioether (sulfide) groups is 1. The third-order valence-electron chi connectivity index (χ3n) is 5.66. The lowest BCUT2D eigenvalue weighted by atomic mass is 10.0. The van der Waals surface area contributed by atoms with Gasteiger partial charge in [0.05, 0.1) is 18.2 Å². The van der Waals surface area contributed by atoms with Crippen LogP contribution in [0.5, 0.6) is 5.75 Å². The highest BCUT2D eigenvalue weighted by Gasteiger charge is 2.38. The summed E-state index contributed by atoms with van der Waals surface area (Å²) in [6.07, 6.45) is 0. The van der Waals surface area contributed by atoms with Crippen LogP contribution < -0.4 is 15.5 Å². The van der Waals surface area contributed by atoms with Gasteiger partial charge in [-0.25, -0.2) is 4.68 Å². The maximum Gasteiger partial charge on any atom is 0.240 e. The molecule has 2 heterocycles. The molecule has 0 spiro atoms. The van der Waals surface area contributed by atoms with E-state index >= 15 is 0 Å². The van der Waals surface area contributed by atoms with Crippen molar-refractivity contribution in [1.82, 2.24) is 14.9 Å². The van der Waals surface area contributed by atoms with Crippen LogP contribution in [0, 0.1) is 6.92 Å². The first kappa shape index (κ1) is 22.3. The molecule has 0 aliphatic carbocycles. The Morgan fingerprint density at radius 2 is 1.85 bits per heavy atom. The first-order valence-corrected chi connectivity index (χ1v) is 11.9. The second kappa shape index (κ2) is 9.40. The third kappa shape index (κ3) is 4.22. The normalized spacial score (nSPS) is 16.9. The number of nitrogens with one attached hydrogen (secondary N) is 2. The molecule has 5 rings (SSSR count). The van der Waals surface area contributed by atoms with E-state index in [2.05, 4.69) is 20.9 Å². The van der Waals surface area contributed by atoms with E-state index in [1.807, 2.05) is 78.3 Å².